The molecule has 0 aromatic carbocycles. The van der Waals surface area contributed by atoms with Crippen molar-refractivity contribution < 1.29 is 4.52 Å². The van der Waals surface area contributed by atoms with Crippen LogP contribution in [0.4, 0.5) is 0 Å². The molecule has 0 aliphatic heterocycles. The van der Waals surface area contributed by atoms with Gasteiger partial charge < -0.3 is 13.7 Å². The summed E-state index contributed by atoms with van der Waals surface area (Å²) in [5.41, 5.74) is 7.24. The van der Waals surface area contributed by atoms with E-state index in [4.69, 9.17) is 4.52 Å². The molecule has 10 heterocycles. The van der Waals surface area contributed by atoms with E-state index in [1.807, 2.05) is 77.5 Å². The number of tetrazole rings is 1. The lowest BCUT2D eigenvalue weighted by Gasteiger charge is -2.06. The van der Waals surface area contributed by atoms with E-state index in [1.54, 1.807) is 15.9 Å². The van der Waals surface area contributed by atoms with Gasteiger partial charge in [-0.25, -0.2) is 19.6 Å². The minimum atomic E-state index is 0.301. The van der Waals surface area contributed by atoms with Gasteiger partial charge in [0.1, 0.15) is 17.2 Å². The molecule has 10 rings (SSSR count). The Balaban J connectivity index is 0.000000611. The van der Waals surface area contributed by atoms with Gasteiger partial charge >= 0.3 is 0 Å². The van der Waals surface area contributed by atoms with Crippen molar-refractivity contribution in [1.82, 2.24) is 118 Å². The second kappa shape index (κ2) is 50.2. The molecule has 10 aromatic rings. The van der Waals surface area contributed by atoms with E-state index in [1.165, 1.54) is 34.0 Å². The summed E-state index contributed by atoms with van der Waals surface area (Å²) in [6, 6.07) is 7.83. The molecule has 26 heteroatoms. The van der Waals surface area contributed by atoms with Crippen molar-refractivity contribution in [3.63, 3.8) is 0 Å². The Morgan fingerprint density at radius 1 is 0.309 bits per heavy atom. The van der Waals surface area contributed by atoms with Crippen molar-refractivity contribution in [1.29, 1.82) is 0 Å². The average molecular weight is 1550 g/mol. The van der Waals surface area contributed by atoms with Gasteiger partial charge in [-0.2, -0.15) is 44.4 Å². The molecule has 10 aromatic heterocycles. The normalized spacial score (nSPS) is 11.5. The number of hydrogen-bond donors (Lipinski definition) is 0. The molecule has 0 spiro atoms. The van der Waals surface area contributed by atoms with Gasteiger partial charge in [-0.3, -0.25) is 14.0 Å². The molecule has 0 amide bonds. The summed E-state index contributed by atoms with van der Waals surface area (Å²) in [6.45, 7) is 84.8. The number of hydrogen-bond acceptors (Lipinski definition) is 18. The molecule has 0 saturated heterocycles. The lowest BCUT2D eigenvalue weighted by atomic mass is 10.1. The molecule has 0 N–H and O–H groups in total. The molecule has 0 unspecified atom stereocenters. The number of imidazole rings is 1. The molecule has 25 nitrogen and oxygen atoms in total. The van der Waals surface area contributed by atoms with Crippen molar-refractivity contribution in [3.8, 4) is 0 Å². The van der Waals surface area contributed by atoms with Gasteiger partial charge in [-0.05, 0) is 186 Å². The molecular weight excluding hydrogens is 1390 g/mol. The van der Waals surface area contributed by atoms with Crippen molar-refractivity contribution >= 4 is 11.5 Å². The van der Waals surface area contributed by atoms with Crippen LogP contribution in [0.15, 0.2) is 78.9 Å². The van der Waals surface area contributed by atoms with E-state index in [0.717, 1.165) is 45.6 Å². The molecule has 0 aliphatic rings. The number of rotatable bonds is 20. The summed E-state index contributed by atoms with van der Waals surface area (Å²) >= 11 is 1.52. The molecule has 0 bridgehead atoms. The zero-order valence-electron chi connectivity index (χ0n) is 76.0. The first-order valence-corrected chi connectivity index (χ1v) is 41.4. The molecule has 0 saturated carbocycles. The first kappa shape index (κ1) is 100. The quantitative estimate of drug-likeness (QED) is 0.0687. The van der Waals surface area contributed by atoms with E-state index in [2.05, 4.69) is 376 Å². The van der Waals surface area contributed by atoms with Crippen molar-refractivity contribution in [3.05, 3.63) is 142 Å². The van der Waals surface area contributed by atoms with Crippen LogP contribution in [-0.2, 0) is 0 Å². The predicted octanol–water partition coefficient (Wildman–Crippen LogP) is 23.4. The van der Waals surface area contributed by atoms with Gasteiger partial charge in [0.2, 0.25) is 5.89 Å². The van der Waals surface area contributed by atoms with E-state index in [0.29, 0.717) is 119 Å². The summed E-state index contributed by atoms with van der Waals surface area (Å²) in [7, 11) is 0. The van der Waals surface area contributed by atoms with Gasteiger partial charge in [0.05, 0.1) is 53.6 Å². The highest BCUT2D eigenvalue weighted by atomic mass is 32.1. The Labute approximate surface area is 669 Å². The highest BCUT2D eigenvalue weighted by Gasteiger charge is 2.15. The second-order valence-corrected chi connectivity index (χ2v) is 34.7. The minimum absolute atomic E-state index is 0.301. The van der Waals surface area contributed by atoms with Crippen LogP contribution in [0.3, 0.4) is 0 Å². The number of aromatic nitrogens is 24. The molecule has 110 heavy (non-hydrogen) atoms. The van der Waals surface area contributed by atoms with Gasteiger partial charge in [-0.15, -0.1) is 15.3 Å². The maximum Gasteiger partial charge on any atom is 0.229 e. The van der Waals surface area contributed by atoms with Crippen molar-refractivity contribution in [2.75, 3.05) is 0 Å². The highest BCUT2D eigenvalue weighted by Crippen LogP contribution is 2.23. The fraction of sp³-hybridized carbons (Fsp3) is 0.714. The van der Waals surface area contributed by atoms with Crippen LogP contribution in [0.5, 0.6) is 0 Å². The summed E-state index contributed by atoms with van der Waals surface area (Å²) in [5, 5.41) is 46.5. The van der Waals surface area contributed by atoms with Gasteiger partial charge in [0.25, 0.3) is 0 Å². The smallest absolute Gasteiger partial charge is 0.229 e. The Bertz CT molecular complexity index is 2870. The second-order valence-electron chi connectivity index (χ2n) is 34.0. The lowest BCUT2D eigenvalue weighted by Crippen LogP contribution is -2.05. The molecule has 0 aliphatic carbocycles. The largest absolute Gasteiger partial charge is 0.352 e. The third-order valence-corrected chi connectivity index (χ3v) is 17.6. The summed E-state index contributed by atoms with van der Waals surface area (Å²) in [5.74, 6) is 9.96. The Morgan fingerprint density at radius 2 is 0.836 bits per heavy atom. The van der Waals surface area contributed by atoms with Crippen molar-refractivity contribution in [2.45, 2.75) is 396 Å². The molecular formula is C84H152N24OS. The van der Waals surface area contributed by atoms with E-state index >= 15 is 0 Å². The Kier molecular flexibility index (Phi) is 45.7. The topological polar surface area (TPSA) is 259 Å². The van der Waals surface area contributed by atoms with Gasteiger partial charge in [0.15, 0.2) is 17.5 Å². The number of nitrogens with zero attached hydrogens (tertiary/aromatic N) is 24. The maximum atomic E-state index is 5.03. The van der Waals surface area contributed by atoms with E-state index < -0.39 is 0 Å². The van der Waals surface area contributed by atoms with Crippen LogP contribution in [-0.4, -0.2) is 118 Å². The van der Waals surface area contributed by atoms with E-state index in [-0.39, 0.29) is 0 Å². The standard InChI is InChI=1S/C10H17N.3C9H16N2.3C8H15N3.C8H14N2O.C8H14N2S.C7H14N4/c1-8(2)10-5-6-11(7-10)9(3)4;1-7(2)9-5-11(6-10-9)8(3)4;1-7(2)9-5-10-11(6-9)8(3)4;1-7(2)9-5-6-11(10-9)8(3)4;1-6(2)8-9-5-11(10-8)7(3)4;1-6(2)8-5-11(7(3)4)10-9-8;1-6(2)8-5-9-11(10-8)7(3)4;2*1-5(2)7-9-8(6(3)4)11-10-7;1-5(2)7-8-10-11(9-7)6(3)4/h5-9H,1-4H3;3*5-8H,1-4H3;3*5-7H,1-4H3;3*5-6H,1-4H3. The highest BCUT2D eigenvalue weighted by molar-refractivity contribution is 7.05. The lowest BCUT2D eigenvalue weighted by molar-refractivity contribution is 0.359. The van der Waals surface area contributed by atoms with Gasteiger partial charge in [0, 0.05) is 109 Å². The SMILES string of the molecule is CC(C)c1ccn(C(C)C)c1.CC(C)c1ccn(C(C)C)n1.CC(C)c1cn(C(C)C)cn1.CC(C)c1cn(C(C)C)nn1.CC(C)c1cnn(C(C)C)c1.CC(C)c1cnn(C(C)C)n1.CC(C)c1ncn(C(C)C)n1.CC(C)c1nnn(C(C)C)n1.CC(C)c1noc(C(C)C)n1.CC(C)c1nsc(C(C)C)n1. The fourth-order valence-electron chi connectivity index (χ4n) is 8.44. The van der Waals surface area contributed by atoms with Crippen LogP contribution >= 0.6 is 11.5 Å². The van der Waals surface area contributed by atoms with Crippen LogP contribution in [0, 0.1) is 0 Å². The fourth-order valence-corrected chi connectivity index (χ4v) is 9.22. The van der Waals surface area contributed by atoms with Crippen LogP contribution < -0.4 is 0 Å². The summed E-state index contributed by atoms with van der Waals surface area (Å²) in [6.07, 6.45) is 20.2. The molecule has 620 valence electrons. The molecule has 0 fully saturated rings. The van der Waals surface area contributed by atoms with Crippen molar-refractivity contribution in [2.24, 2.45) is 0 Å². The minimum Gasteiger partial charge on any atom is -0.352 e. The summed E-state index contributed by atoms with van der Waals surface area (Å²) < 4.78 is 21.4. The maximum absolute atomic E-state index is 5.03. The van der Waals surface area contributed by atoms with Crippen LogP contribution in [0.1, 0.15) is 464 Å². The van der Waals surface area contributed by atoms with E-state index in [9.17, 15) is 0 Å². The third-order valence-electron chi connectivity index (χ3n) is 16.5. The van der Waals surface area contributed by atoms with Crippen LogP contribution in [0.25, 0.3) is 0 Å². The average Bonchev–Trinajstić information content (AvgIpc) is 1.85. The third kappa shape index (κ3) is 37.4. The Hall–Kier alpha value is -7.90. The first-order chi connectivity index (χ1) is 51.1. The molecule has 0 radical (unpaired) electrons. The Morgan fingerprint density at radius 3 is 1.11 bits per heavy atom. The first-order valence-electron chi connectivity index (χ1n) is 40.6. The summed E-state index contributed by atoms with van der Waals surface area (Å²) in [4.78, 5) is 20.5. The zero-order valence-corrected chi connectivity index (χ0v) is 76.8. The van der Waals surface area contributed by atoms with Gasteiger partial charge in [-0.1, -0.05) is 177 Å². The van der Waals surface area contributed by atoms with Crippen LogP contribution in [0.2, 0.25) is 0 Å². The molecule has 0 atom stereocenters. The zero-order chi connectivity index (χ0) is 84.3. The monoisotopic (exact) mass is 1550 g/mol. The predicted molar refractivity (Wildman–Crippen MR) is 455 cm³/mol.